The van der Waals surface area contributed by atoms with Gasteiger partial charge in [0.05, 0.1) is 10.7 Å². The van der Waals surface area contributed by atoms with E-state index in [2.05, 4.69) is 10.3 Å². The quantitative estimate of drug-likeness (QED) is 0.599. The zero-order chi connectivity index (χ0) is 14.0. The fourth-order valence-electron chi connectivity index (χ4n) is 1.39. The van der Waals surface area contributed by atoms with Gasteiger partial charge in [0, 0.05) is 6.07 Å². The minimum atomic E-state index is -1.00. The number of rotatable bonds is 3. The highest BCUT2D eigenvalue weighted by Gasteiger charge is 2.14. The number of anilines is 3. The van der Waals surface area contributed by atoms with Crippen molar-refractivity contribution in [2.24, 2.45) is 5.84 Å². The van der Waals surface area contributed by atoms with Crippen molar-refractivity contribution in [1.82, 2.24) is 4.98 Å². The van der Waals surface area contributed by atoms with Gasteiger partial charge in [-0.25, -0.2) is 24.0 Å². The molecule has 0 unspecified atom stereocenters. The maximum atomic E-state index is 13.5. The summed E-state index contributed by atoms with van der Waals surface area (Å²) in [6, 6.07) is 4.51. The van der Waals surface area contributed by atoms with E-state index in [0.29, 0.717) is 6.07 Å². The third-order valence-electron chi connectivity index (χ3n) is 2.27. The Morgan fingerprint density at radius 1 is 1.05 bits per heavy atom. The Balaban J connectivity index is 2.44. The molecule has 19 heavy (non-hydrogen) atoms. The van der Waals surface area contributed by atoms with Gasteiger partial charge in [-0.15, -0.1) is 0 Å². The molecule has 0 saturated heterocycles. The number of nitrogens with one attached hydrogen (secondary N) is 2. The minimum absolute atomic E-state index is 0.0350. The molecule has 0 atom stereocenters. The summed E-state index contributed by atoms with van der Waals surface area (Å²) in [6.07, 6.45) is 0. The molecule has 1 aromatic carbocycles. The number of nitrogens with zero attached hydrogens (tertiary/aromatic N) is 1. The number of pyridine rings is 1. The summed E-state index contributed by atoms with van der Waals surface area (Å²) in [5.74, 6) is 1.57. The molecule has 1 aromatic heterocycles. The number of benzene rings is 1. The first-order chi connectivity index (χ1) is 9.02. The zero-order valence-corrected chi connectivity index (χ0v) is 10.1. The molecule has 0 aliphatic carbocycles. The van der Waals surface area contributed by atoms with E-state index in [0.717, 1.165) is 6.07 Å². The Morgan fingerprint density at radius 3 is 2.37 bits per heavy atom. The third-order valence-corrected chi connectivity index (χ3v) is 2.59. The van der Waals surface area contributed by atoms with E-state index >= 15 is 0 Å². The van der Waals surface area contributed by atoms with Gasteiger partial charge in [-0.2, -0.15) is 0 Å². The van der Waals surface area contributed by atoms with Crippen LogP contribution in [-0.4, -0.2) is 4.98 Å². The van der Waals surface area contributed by atoms with Gasteiger partial charge in [0.2, 0.25) is 0 Å². The van der Waals surface area contributed by atoms with E-state index in [1.165, 1.54) is 12.1 Å². The summed E-state index contributed by atoms with van der Waals surface area (Å²) in [6.45, 7) is 0. The monoisotopic (exact) mass is 288 g/mol. The SMILES string of the molecule is NNc1nc(Nc2c(F)cccc2Cl)c(F)cc1F. The van der Waals surface area contributed by atoms with E-state index in [4.69, 9.17) is 17.4 Å². The van der Waals surface area contributed by atoms with Crippen LogP contribution in [0.25, 0.3) is 0 Å². The molecule has 100 valence electrons. The smallest absolute Gasteiger partial charge is 0.178 e. The first-order valence-corrected chi connectivity index (χ1v) is 5.44. The average molecular weight is 289 g/mol. The van der Waals surface area contributed by atoms with E-state index in [1.54, 1.807) is 0 Å². The summed E-state index contributed by atoms with van der Waals surface area (Å²) < 4.78 is 40.2. The summed E-state index contributed by atoms with van der Waals surface area (Å²) >= 11 is 5.77. The molecule has 1 heterocycles. The highest BCUT2D eigenvalue weighted by molar-refractivity contribution is 6.33. The lowest BCUT2D eigenvalue weighted by molar-refractivity contribution is 0.579. The van der Waals surface area contributed by atoms with Crippen molar-refractivity contribution in [2.75, 3.05) is 10.7 Å². The van der Waals surface area contributed by atoms with Gasteiger partial charge in [-0.1, -0.05) is 17.7 Å². The molecule has 0 bridgehead atoms. The molecule has 4 nitrogen and oxygen atoms in total. The van der Waals surface area contributed by atoms with Crippen LogP contribution in [0.1, 0.15) is 0 Å². The maximum absolute atomic E-state index is 13.5. The van der Waals surface area contributed by atoms with Crippen LogP contribution >= 0.6 is 11.6 Å². The molecule has 0 aliphatic rings. The van der Waals surface area contributed by atoms with E-state index in [1.807, 2.05) is 5.43 Å². The fraction of sp³-hybridized carbons (Fsp3) is 0. The number of halogens is 4. The van der Waals surface area contributed by atoms with Crippen molar-refractivity contribution < 1.29 is 13.2 Å². The number of para-hydroxylation sites is 1. The summed E-state index contributed by atoms with van der Waals surface area (Å²) in [5.41, 5.74) is 1.80. The van der Waals surface area contributed by atoms with Gasteiger partial charge in [0.1, 0.15) is 5.82 Å². The largest absolute Gasteiger partial charge is 0.334 e. The Bertz CT molecular complexity index is 601. The van der Waals surface area contributed by atoms with Crippen molar-refractivity contribution >= 4 is 28.9 Å². The molecule has 0 radical (unpaired) electrons. The van der Waals surface area contributed by atoms with E-state index in [9.17, 15) is 13.2 Å². The predicted octanol–water partition coefficient (Wildman–Crippen LogP) is 3.18. The summed E-state index contributed by atoms with van der Waals surface area (Å²) in [5, 5.41) is 2.39. The lowest BCUT2D eigenvalue weighted by Gasteiger charge is -2.11. The van der Waals surface area contributed by atoms with Crippen LogP contribution in [0, 0.1) is 17.5 Å². The number of hydrogen-bond acceptors (Lipinski definition) is 4. The predicted molar refractivity (Wildman–Crippen MR) is 66.7 cm³/mol. The number of hydrazine groups is 1. The lowest BCUT2D eigenvalue weighted by Crippen LogP contribution is -2.12. The Hall–Kier alpha value is -1.99. The third kappa shape index (κ3) is 2.72. The van der Waals surface area contributed by atoms with Crippen LogP contribution in [0.4, 0.5) is 30.5 Å². The number of nitrogens with two attached hydrogens (primary N) is 1. The molecular weight excluding hydrogens is 281 g/mol. The van der Waals surface area contributed by atoms with Crippen LogP contribution in [0.5, 0.6) is 0 Å². The molecule has 4 N–H and O–H groups in total. The molecular formula is C11H8ClF3N4. The Labute approximate surface area is 111 Å². The minimum Gasteiger partial charge on any atom is -0.334 e. The normalized spacial score (nSPS) is 10.4. The van der Waals surface area contributed by atoms with Crippen LogP contribution in [0.3, 0.4) is 0 Å². The van der Waals surface area contributed by atoms with Crippen LogP contribution in [0.2, 0.25) is 5.02 Å². The Morgan fingerprint density at radius 2 is 1.74 bits per heavy atom. The molecule has 8 heteroatoms. The van der Waals surface area contributed by atoms with Gasteiger partial charge >= 0.3 is 0 Å². The molecule has 0 saturated carbocycles. The van der Waals surface area contributed by atoms with E-state index in [-0.39, 0.29) is 16.5 Å². The molecule has 0 fully saturated rings. The zero-order valence-electron chi connectivity index (χ0n) is 9.35. The van der Waals surface area contributed by atoms with Crippen molar-refractivity contribution in [1.29, 1.82) is 0 Å². The van der Waals surface area contributed by atoms with Crippen molar-refractivity contribution in [3.63, 3.8) is 0 Å². The van der Waals surface area contributed by atoms with Gasteiger partial charge < -0.3 is 10.7 Å². The van der Waals surface area contributed by atoms with Crippen molar-refractivity contribution in [3.8, 4) is 0 Å². The topological polar surface area (TPSA) is 63.0 Å². The van der Waals surface area contributed by atoms with Gasteiger partial charge in [0.25, 0.3) is 0 Å². The van der Waals surface area contributed by atoms with E-state index < -0.39 is 23.3 Å². The number of aromatic nitrogens is 1. The second kappa shape index (κ2) is 5.33. The molecule has 2 rings (SSSR count). The van der Waals surface area contributed by atoms with Crippen molar-refractivity contribution in [2.45, 2.75) is 0 Å². The fourth-order valence-corrected chi connectivity index (χ4v) is 1.60. The second-order valence-corrected chi connectivity index (χ2v) is 3.92. The first-order valence-electron chi connectivity index (χ1n) is 5.06. The van der Waals surface area contributed by atoms with Gasteiger partial charge in [0.15, 0.2) is 23.3 Å². The molecule has 2 aromatic rings. The highest BCUT2D eigenvalue weighted by atomic mass is 35.5. The van der Waals surface area contributed by atoms with Gasteiger partial charge in [-0.3, -0.25) is 0 Å². The average Bonchev–Trinajstić information content (AvgIpc) is 2.36. The number of nitrogen functional groups attached to an aromatic ring is 1. The van der Waals surface area contributed by atoms with Gasteiger partial charge in [-0.05, 0) is 12.1 Å². The Kier molecular flexibility index (Phi) is 3.77. The first kappa shape index (κ1) is 13.4. The van der Waals surface area contributed by atoms with Crippen LogP contribution in [-0.2, 0) is 0 Å². The van der Waals surface area contributed by atoms with Crippen LogP contribution in [0.15, 0.2) is 24.3 Å². The summed E-state index contributed by atoms with van der Waals surface area (Å²) in [4.78, 5) is 3.55. The lowest BCUT2D eigenvalue weighted by atomic mass is 10.3. The second-order valence-electron chi connectivity index (χ2n) is 3.52. The molecule has 0 aliphatic heterocycles. The highest BCUT2D eigenvalue weighted by Crippen LogP contribution is 2.29. The maximum Gasteiger partial charge on any atom is 0.178 e. The standard InChI is InChI=1S/C11H8ClF3N4/c12-5-2-1-3-6(13)9(5)17-10-7(14)4-8(15)11(18-10)19-16/h1-4H,16H2,(H2,17,18,19). The molecule has 0 amide bonds. The summed E-state index contributed by atoms with van der Waals surface area (Å²) in [7, 11) is 0. The number of hydrogen-bond donors (Lipinski definition) is 3. The molecule has 0 spiro atoms. The van der Waals surface area contributed by atoms with Crippen LogP contribution < -0.4 is 16.6 Å². The van der Waals surface area contributed by atoms with Crippen molar-refractivity contribution in [3.05, 3.63) is 46.7 Å².